The highest BCUT2D eigenvalue weighted by Gasteiger charge is 2.29. The van der Waals surface area contributed by atoms with Gasteiger partial charge in [-0.05, 0) is 37.5 Å². The Kier molecular flexibility index (Phi) is 21.4. The van der Waals surface area contributed by atoms with E-state index in [9.17, 15) is 9.59 Å². The molecule has 4 unspecified atom stereocenters. The number of hydrogen-bond donors (Lipinski definition) is 1. The molecule has 2 fully saturated rings. The smallest absolute Gasteiger partial charge is 0.309 e. The first-order valence-electron chi connectivity index (χ1n) is 11.3. The van der Waals surface area contributed by atoms with E-state index in [-0.39, 0.29) is 37.8 Å². The molecule has 2 aliphatic carbocycles. The van der Waals surface area contributed by atoms with Crippen LogP contribution in [0.3, 0.4) is 0 Å². The quantitative estimate of drug-likeness (QED) is 0.460. The van der Waals surface area contributed by atoms with E-state index in [2.05, 4.69) is 18.6 Å². The van der Waals surface area contributed by atoms with E-state index in [1.165, 1.54) is 32.8 Å². The summed E-state index contributed by atoms with van der Waals surface area (Å²) in [5.41, 5.74) is 0. The largest absolute Gasteiger partial charge is 0.469 e. The Hall–Kier alpha value is -1.18. The number of esters is 2. The monoisotopic (exact) mass is 448 g/mol. The third-order valence-corrected chi connectivity index (χ3v) is 5.86. The van der Waals surface area contributed by atoms with Crippen molar-refractivity contribution in [2.75, 3.05) is 47.8 Å². The molecule has 0 aromatic carbocycles. The lowest BCUT2D eigenvalue weighted by Crippen LogP contribution is -2.27. The van der Waals surface area contributed by atoms with Crippen LogP contribution in [0.25, 0.3) is 0 Å². The predicted molar refractivity (Wildman–Crippen MR) is 123 cm³/mol. The van der Waals surface area contributed by atoms with Crippen molar-refractivity contribution in [2.45, 2.75) is 72.6 Å². The van der Waals surface area contributed by atoms with Crippen LogP contribution in [-0.2, 0) is 28.5 Å². The Morgan fingerprint density at radius 1 is 0.742 bits per heavy atom. The summed E-state index contributed by atoms with van der Waals surface area (Å²) in [4.78, 5) is 22.8. The average molecular weight is 449 g/mol. The second kappa shape index (κ2) is 20.7. The van der Waals surface area contributed by atoms with Crippen molar-refractivity contribution in [3.63, 3.8) is 0 Å². The normalized spacial score (nSPS) is 24.8. The molecule has 0 amide bonds. The first kappa shape index (κ1) is 32.0. The van der Waals surface area contributed by atoms with Gasteiger partial charge in [0.15, 0.2) is 0 Å². The predicted octanol–water partition coefficient (Wildman–Crippen LogP) is 4.25. The van der Waals surface area contributed by atoms with Crippen LogP contribution >= 0.6 is 0 Å². The van der Waals surface area contributed by atoms with Crippen LogP contribution < -0.4 is 0 Å². The highest BCUT2D eigenvalue weighted by molar-refractivity contribution is 5.73. The molecule has 31 heavy (non-hydrogen) atoms. The number of hydrogen-bond acceptors (Lipinski definition) is 7. The van der Waals surface area contributed by atoms with E-state index in [0.29, 0.717) is 31.7 Å². The summed E-state index contributed by atoms with van der Waals surface area (Å²) in [6, 6.07) is 0. The number of methoxy groups -OCH3 is 3. The van der Waals surface area contributed by atoms with E-state index >= 15 is 0 Å². The highest BCUT2D eigenvalue weighted by Crippen LogP contribution is 2.31. The van der Waals surface area contributed by atoms with Crippen LogP contribution in [0.1, 0.15) is 72.6 Å². The lowest BCUT2D eigenvalue weighted by Gasteiger charge is -2.26. The zero-order valence-electron chi connectivity index (χ0n) is 19.7. The van der Waals surface area contributed by atoms with E-state index in [4.69, 9.17) is 19.3 Å². The minimum Gasteiger partial charge on any atom is -0.469 e. The lowest BCUT2D eigenvalue weighted by molar-refractivity contribution is -0.152. The fraction of sp³-hybridized carbons (Fsp3) is 0.917. The van der Waals surface area contributed by atoms with Gasteiger partial charge < -0.3 is 24.1 Å². The molecule has 0 aromatic rings. The molecule has 0 bridgehead atoms. The second-order valence-electron chi connectivity index (χ2n) is 8.14. The van der Waals surface area contributed by atoms with Gasteiger partial charge in [0.1, 0.15) is 6.61 Å². The van der Waals surface area contributed by atoms with Gasteiger partial charge in [0.2, 0.25) is 0 Å². The van der Waals surface area contributed by atoms with Gasteiger partial charge in [-0.15, -0.1) is 0 Å². The zero-order valence-corrected chi connectivity index (χ0v) is 19.7. The van der Waals surface area contributed by atoms with Crippen LogP contribution in [0, 0.1) is 23.7 Å². The Balaban J connectivity index is 0. The SMILES string of the molecule is C.COC(=O)C1CCCCC1C.COCCO.COCCOC(=O)C1CCCCC1C. The molecule has 4 atom stereocenters. The molecule has 0 spiro atoms. The minimum absolute atomic E-state index is 0. The summed E-state index contributed by atoms with van der Waals surface area (Å²) in [5, 5.41) is 7.94. The molecule has 2 aliphatic rings. The summed E-state index contributed by atoms with van der Waals surface area (Å²) in [7, 11) is 4.64. The average Bonchev–Trinajstić information content (AvgIpc) is 2.75. The summed E-state index contributed by atoms with van der Waals surface area (Å²) in [5.74, 6) is 1.26. The Morgan fingerprint density at radius 3 is 1.55 bits per heavy atom. The molecule has 7 nitrogen and oxygen atoms in total. The lowest BCUT2D eigenvalue weighted by atomic mass is 9.80. The molecule has 186 valence electrons. The molecule has 0 aliphatic heterocycles. The highest BCUT2D eigenvalue weighted by atomic mass is 16.6. The fourth-order valence-corrected chi connectivity index (χ4v) is 3.91. The van der Waals surface area contributed by atoms with E-state index < -0.39 is 0 Å². The molecule has 1 N–H and O–H groups in total. The van der Waals surface area contributed by atoms with Crippen LogP contribution in [0.4, 0.5) is 0 Å². The number of aliphatic hydroxyl groups is 1. The standard InChI is InChI=1S/C11H20O3.C9H16O2.C3H8O2.CH4/c1-9-5-3-4-6-10(9)11(12)14-8-7-13-2;1-7-5-3-4-6-8(7)9(10)11-2;1-5-3-2-4;/h9-10H,3-8H2,1-2H3;7-8H,3-6H2,1-2H3;4H,2-3H2,1H3;1H4. The molecule has 2 saturated carbocycles. The van der Waals surface area contributed by atoms with E-state index in [1.54, 1.807) is 14.2 Å². The summed E-state index contributed by atoms with van der Waals surface area (Å²) < 4.78 is 19.1. The van der Waals surface area contributed by atoms with Gasteiger partial charge >= 0.3 is 11.9 Å². The van der Waals surface area contributed by atoms with Crippen molar-refractivity contribution in [1.82, 2.24) is 0 Å². The zero-order chi connectivity index (χ0) is 22.8. The van der Waals surface area contributed by atoms with Gasteiger partial charge in [0.05, 0.1) is 38.8 Å². The molecular weight excluding hydrogens is 400 g/mol. The molecule has 0 aromatic heterocycles. The number of carbonyl (C=O) groups is 2. The van der Waals surface area contributed by atoms with Gasteiger partial charge in [0.25, 0.3) is 0 Å². The van der Waals surface area contributed by atoms with E-state index in [0.717, 1.165) is 25.7 Å². The topological polar surface area (TPSA) is 91.3 Å². The first-order chi connectivity index (χ1) is 14.4. The maximum atomic E-state index is 11.6. The summed E-state index contributed by atoms with van der Waals surface area (Å²) in [6.45, 7) is 5.73. The van der Waals surface area contributed by atoms with Gasteiger partial charge in [0, 0.05) is 14.2 Å². The summed E-state index contributed by atoms with van der Waals surface area (Å²) >= 11 is 0. The fourth-order valence-electron chi connectivity index (χ4n) is 3.91. The second-order valence-corrected chi connectivity index (χ2v) is 8.14. The Morgan fingerprint density at radius 2 is 1.19 bits per heavy atom. The summed E-state index contributed by atoms with van der Waals surface area (Å²) in [6.07, 6.45) is 9.22. The van der Waals surface area contributed by atoms with Crippen LogP contribution in [0.2, 0.25) is 0 Å². The molecule has 2 rings (SSSR count). The molecule has 0 saturated heterocycles. The molecular formula is C24H48O7. The number of carbonyl (C=O) groups excluding carboxylic acids is 2. The molecule has 0 radical (unpaired) electrons. The van der Waals surface area contributed by atoms with Crippen molar-refractivity contribution in [1.29, 1.82) is 0 Å². The maximum Gasteiger partial charge on any atom is 0.309 e. The van der Waals surface area contributed by atoms with Gasteiger partial charge in [-0.3, -0.25) is 9.59 Å². The van der Waals surface area contributed by atoms with Gasteiger partial charge in [-0.2, -0.15) is 0 Å². The Labute approximate surface area is 190 Å². The molecule has 0 heterocycles. The van der Waals surface area contributed by atoms with Crippen LogP contribution in [-0.4, -0.2) is 64.8 Å². The van der Waals surface area contributed by atoms with Crippen LogP contribution in [0.15, 0.2) is 0 Å². The number of ether oxygens (including phenoxy) is 4. The number of aliphatic hydroxyl groups excluding tert-OH is 1. The molecule has 7 heteroatoms. The van der Waals surface area contributed by atoms with Crippen molar-refractivity contribution in [3.05, 3.63) is 0 Å². The van der Waals surface area contributed by atoms with Crippen molar-refractivity contribution >= 4 is 11.9 Å². The van der Waals surface area contributed by atoms with Crippen molar-refractivity contribution in [2.24, 2.45) is 23.7 Å². The van der Waals surface area contributed by atoms with Crippen LogP contribution in [0.5, 0.6) is 0 Å². The van der Waals surface area contributed by atoms with Gasteiger partial charge in [-0.25, -0.2) is 0 Å². The minimum atomic E-state index is -0.0331. The first-order valence-corrected chi connectivity index (χ1v) is 11.3. The van der Waals surface area contributed by atoms with Crippen molar-refractivity contribution in [3.8, 4) is 0 Å². The Bertz CT molecular complexity index is 440. The third kappa shape index (κ3) is 14.5. The number of rotatable bonds is 7. The van der Waals surface area contributed by atoms with Crippen molar-refractivity contribution < 1.29 is 33.6 Å². The van der Waals surface area contributed by atoms with Gasteiger partial charge in [-0.1, -0.05) is 47.0 Å². The van der Waals surface area contributed by atoms with E-state index in [1.807, 2.05) is 0 Å². The maximum absolute atomic E-state index is 11.6. The third-order valence-electron chi connectivity index (χ3n) is 5.86.